The molecule has 2 aromatic carbocycles. The monoisotopic (exact) mass is 407 g/mol. The summed E-state index contributed by atoms with van der Waals surface area (Å²) in [6.45, 7) is 3.87. The van der Waals surface area contributed by atoms with Crippen LogP contribution < -0.4 is 4.72 Å². The summed E-state index contributed by atoms with van der Waals surface area (Å²) in [6, 6.07) is 10.6. The number of hydrogen-bond donors (Lipinski definition) is 1. The highest BCUT2D eigenvalue weighted by Crippen LogP contribution is 2.30. The van der Waals surface area contributed by atoms with Crippen LogP contribution in [0, 0.1) is 6.92 Å². The number of fused-ring (bicyclic) bond motifs is 1. The minimum atomic E-state index is -3.79. The van der Waals surface area contributed by atoms with Crippen LogP contribution in [-0.2, 0) is 14.8 Å². The molecule has 27 heavy (non-hydrogen) atoms. The molecular weight excluding hydrogens is 390 g/mol. The molecule has 8 heteroatoms. The summed E-state index contributed by atoms with van der Waals surface area (Å²) >= 11 is 5.80. The van der Waals surface area contributed by atoms with E-state index < -0.39 is 16.0 Å². The van der Waals surface area contributed by atoms with Crippen LogP contribution in [0.5, 0.6) is 0 Å². The molecule has 0 aliphatic heterocycles. The van der Waals surface area contributed by atoms with Crippen molar-refractivity contribution in [2.75, 3.05) is 11.3 Å². The molecule has 0 aliphatic carbocycles. The number of sulfonamides is 1. The third-order valence-electron chi connectivity index (χ3n) is 3.88. The molecule has 1 heterocycles. The summed E-state index contributed by atoms with van der Waals surface area (Å²) in [5, 5.41) is 0.935. The minimum absolute atomic E-state index is 0.0814. The lowest BCUT2D eigenvalue weighted by Gasteiger charge is -2.08. The summed E-state index contributed by atoms with van der Waals surface area (Å²) in [4.78, 5) is 12.4. The molecule has 0 spiro atoms. The number of hydrogen-bond acceptors (Lipinski definition) is 5. The van der Waals surface area contributed by atoms with Crippen molar-refractivity contribution in [3.05, 3.63) is 58.8 Å². The minimum Gasteiger partial charge on any atom is -0.462 e. The van der Waals surface area contributed by atoms with Gasteiger partial charge in [0, 0.05) is 16.1 Å². The van der Waals surface area contributed by atoms with Crippen LogP contribution in [0.2, 0.25) is 5.02 Å². The summed E-state index contributed by atoms with van der Waals surface area (Å²) in [5.41, 5.74) is 1.08. The SMILES string of the molecule is CCCOC(=O)c1c(C)oc2ccc(NS(=O)(=O)c3ccc(Cl)cc3)cc12. The zero-order valence-corrected chi connectivity index (χ0v) is 16.4. The zero-order chi connectivity index (χ0) is 19.6. The molecule has 0 saturated carbocycles. The smallest absolute Gasteiger partial charge is 0.342 e. The Morgan fingerprint density at radius 2 is 1.89 bits per heavy atom. The second kappa shape index (κ2) is 7.62. The summed E-state index contributed by atoms with van der Waals surface area (Å²) < 4.78 is 38.4. The number of halogens is 1. The van der Waals surface area contributed by atoms with Gasteiger partial charge in [0.05, 0.1) is 11.5 Å². The maximum absolute atomic E-state index is 12.5. The van der Waals surface area contributed by atoms with E-state index in [0.29, 0.717) is 46.0 Å². The maximum atomic E-state index is 12.5. The highest BCUT2D eigenvalue weighted by Gasteiger charge is 2.21. The first-order valence-corrected chi connectivity index (χ1v) is 10.2. The van der Waals surface area contributed by atoms with Crippen molar-refractivity contribution in [2.45, 2.75) is 25.2 Å². The Morgan fingerprint density at radius 1 is 1.19 bits per heavy atom. The van der Waals surface area contributed by atoms with E-state index in [1.165, 1.54) is 24.3 Å². The maximum Gasteiger partial charge on any atom is 0.342 e. The second-order valence-corrected chi connectivity index (χ2v) is 8.06. The van der Waals surface area contributed by atoms with Crippen molar-refractivity contribution in [1.82, 2.24) is 0 Å². The van der Waals surface area contributed by atoms with Crippen molar-refractivity contribution in [1.29, 1.82) is 0 Å². The van der Waals surface area contributed by atoms with Gasteiger partial charge in [0.2, 0.25) is 0 Å². The van der Waals surface area contributed by atoms with Gasteiger partial charge < -0.3 is 9.15 Å². The number of esters is 1. The summed E-state index contributed by atoms with van der Waals surface area (Å²) in [6.07, 6.45) is 0.701. The van der Waals surface area contributed by atoms with Gasteiger partial charge in [-0.25, -0.2) is 13.2 Å². The van der Waals surface area contributed by atoms with Crippen LogP contribution in [0.3, 0.4) is 0 Å². The molecule has 0 saturated heterocycles. The highest BCUT2D eigenvalue weighted by molar-refractivity contribution is 7.92. The predicted octanol–water partition coefficient (Wildman–Crippen LogP) is 4.76. The molecule has 1 aromatic heterocycles. The van der Waals surface area contributed by atoms with E-state index >= 15 is 0 Å². The quantitative estimate of drug-likeness (QED) is 0.595. The van der Waals surface area contributed by atoms with Gasteiger partial charge in [0.1, 0.15) is 16.9 Å². The molecule has 0 fully saturated rings. The van der Waals surface area contributed by atoms with E-state index in [4.69, 9.17) is 20.8 Å². The van der Waals surface area contributed by atoms with Crippen molar-refractivity contribution in [3.63, 3.8) is 0 Å². The lowest BCUT2D eigenvalue weighted by atomic mass is 10.1. The van der Waals surface area contributed by atoms with E-state index in [1.54, 1.807) is 25.1 Å². The number of carbonyl (C=O) groups excluding carboxylic acids is 1. The van der Waals surface area contributed by atoms with Gasteiger partial charge in [-0.3, -0.25) is 4.72 Å². The van der Waals surface area contributed by atoms with Gasteiger partial charge in [0.15, 0.2) is 0 Å². The molecule has 0 bridgehead atoms. The topological polar surface area (TPSA) is 85.6 Å². The Labute approximate surface area is 162 Å². The number of ether oxygens (including phenoxy) is 1. The van der Waals surface area contributed by atoms with Gasteiger partial charge in [-0.15, -0.1) is 0 Å². The first kappa shape index (κ1) is 19.3. The Balaban J connectivity index is 1.96. The number of carbonyl (C=O) groups is 1. The van der Waals surface area contributed by atoms with Crippen LogP contribution >= 0.6 is 11.6 Å². The van der Waals surface area contributed by atoms with Gasteiger partial charge >= 0.3 is 5.97 Å². The van der Waals surface area contributed by atoms with Gasteiger partial charge in [-0.05, 0) is 55.8 Å². The predicted molar refractivity (Wildman–Crippen MR) is 104 cm³/mol. The van der Waals surface area contributed by atoms with E-state index in [9.17, 15) is 13.2 Å². The molecule has 0 unspecified atom stereocenters. The number of aryl methyl sites for hydroxylation is 1. The Morgan fingerprint density at radius 3 is 2.56 bits per heavy atom. The van der Waals surface area contributed by atoms with Gasteiger partial charge in [-0.1, -0.05) is 18.5 Å². The Hall–Kier alpha value is -2.51. The Kier molecular flexibility index (Phi) is 5.43. The number of benzene rings is 2. The molecule has 3 aromatic rings. The average molecular weight is 408 g/mol. The van der Waals surface area contributed by atoms with Gasteiger partial charge in [0.25, 0.3) is 10.0 Å². The molecule has 0 aliphatic rings. The van der Waals surface area contributed by atoms with E-state index in [0.717, 1.165) is 0 Å². The molecule has 6 nitrogen and oxygen atoms in total. The summed E-state index contributed by atoms with van der Waals surface area (Å²) in [5.74, 6) is -0.0744. The Bertz CT molecular complexity index is 1090. The van der Waals surface area contributed by atoms with E-state index in [-0.39, 0.29) is 4.90 Å². The number of nitrogens with one attached hydrogen (secondary N) is 1. The molecular formula is C19H18ClNO5S. The van der Waals surface area contributed by atoms with E-state index in [1.807, 2.05) is 6.92 Å². The van der Waals surface area contributed by atoms with Crippen LogP contribution in [0.15, 0.2) is 51.8 Å². The largest absolute Gasteiger partial charge is 0.462 e. The number of anilines is 1. The fourth-order valence-corrected chi connectivity index (χ4v) is 3.81. The van der Waals surface area contributed by atoms with Crippen molar-refractivity contribution in [2.24, 2.45) is 0 Å². The van der Waals surface area contributed by atoms with Crippen LogP contribution in [-0.4, -0.2) is 21.0 Å². The van der Waals surface area contributed by atoms with E-state index in [2.05, 4.69) is 4.72 Å². The fraction of sp³-hybridized carbons (Fsp3) is 0.211. The molecule has 1 N–H and O–H groups in total. The number of rotatable bonds is 6. The molecule has 142 valence electrons. The number of furan rings is 1. The second-order valence-electron chi connectivity index (χ2n) is 5.94. The highest BCUT2D eigenvalue weighted by atomic mass is 35.5. The van der Waals surface area contributed by atoms with Crippen molar-refractivity contribution in [3.8, 4) is 0 Å². The normalized spacial score (nSPS) is 11.5. The molecule has 0 radical (unpaired) electrons. The lowest BCUT2D eigenvalue weighted by Crippen LogP contribution is -2.12. The first-order chi connectivity index (χ1) is 12.8. The van der Waals surface area contributed by atoms with Crippen molar-refractivity contribution < 1.29 is 22.4 Å². The van der Waals surface area contributed by atoms with Gasteiger partial charge in [-0.2, -0.15) is 0 Å². The zero-order valence-electron chi connectivity index (χ0n) is 14.8. The van der Waals surface area contributed by atoms with Crippen LogP contribution in [0.1, 0.15) is 29.5 Å². The lowest BCUT2D eigenvalue weighted by molar-refractivity contribution is 0.0505. The third-order valence-corrected chi connectivity index (χ3v) is 5.53. The molecule has 0 atom stereocenters. The van der Waals surface area contributed by atoms with Crippen LogP contribution in [0.4, 0.5) is 5.69 Å². The van der Waals surface area contributed by atoms with Crippen molar-refractivity contribution >= 4 is 44.3 Å². The fourth-order valence-electron chi connectivity index (χ4n) is 2.63. The molecule has 0 amide bonds. The molecule has 3 rings (SSSR count). The first-order valence-electron chi connectivity index (χ1n) is 8.30. The van der Waals surface area contributed by atoms with Crippen LogP contribution in [0.25, 0.3) is 11.0 Å². The summed E-state index contributed by atoms with van der Waals surface area (Å²) in [7, 11) is -3.79. The average Bonchev–Trinajstić information content (AvgIpc) is 2.95. The standard InChI is InChI=1S/C19H18ClNO5S/c1-3-10-25-19(22)18-12(2)26-17-9-6-14(11-16(17)18)21-27(23,24)15-7-4-13(20)5-8-15/h4-9,11,21H,3,10H2,1-2H3. The third kappa shape index (κ3) is 4.09.